The lowest BCUT2D eigenvalue weighted by Crippen LogP contribution is -2.13. The highest BCUT2D eigenvalue weighted by atomic mass is 32.2. The van der Waals surface area contributed by atoms with Crippen LogP contribution in [0.5, 0.6) is 11.5 Å². The van der Waals surface area contributed by atoms with Crippen molar-refractivity contribution in [1.82, 2.24) is 10.2 Å². The van der Waals surface area contributed by atoms with Crippen LogP contribution in [-0.2, 0) is 0 Å². The van der Waals surface area contributed by atoms with Crippen LogP contribution >= 0.6 is 11.8 Å². The summed E-state index contributed by atoms with van der Waals surface area (Å²) in [5, 5.41) is 8.08. The Morgan fingerprint density at radius 1 is 1.15 bits per heavy atom. The molecule has 0 aliphatic rings. The van der Waals surface area contributed by atoms with Crippen molar-refractivity contribution in [2.75, 3.05) is 13.7 Å². The van der Waals surface area contributed by atoms with Crippen molar-refractivity contribution >= 4 is 17.5 Å². The zero-order chi connectivity index (χ0) is 19.2. The molecule has 7 heteroatoms. The van der Waals surface area contributed by atoms with E-state index in [1.165, 1.54) is 11.8 Å². The van der Waals surface area contributed by atoms with Crippen molar-refractivity contribution in [3.05, 3.63) is 54.1 Å². The lowest BCUT2D eigenvalue weighted by atomic mass is 10.1. The molecule has 1 heterocycles. The van der Waals surface area contributed by atoms with E-state index in [1.54, 1.807) is 31.4 Å². The Bertz CT molecular complexity index is 908. The van der Waals surface area contributed by atoms with Gasteiger partial charge in [0.05, 0.1) is 24.5 Å². The topological polar surface area (TPSA) is 74.5 Å². The molecule has 1 atom stereocenters. The van der Waals surface area contributed by atoms with Gasteiger partial charge in [-0.15, -0.1) is 10.2 Å². The standard InChI is InChI=1S/C20H20N2O4S/c1-4-25-15-11-9-14(10-12-15)18(23)13(2)27-20-22-21-19(26-20)16-7-5-6-8-17(16)24-3/h5-13H,4H2,1-3H3/t13-/m1/s1. The number of hydrogen-bond donors (Lipinski definition) is 0. The maximum Gasteiger partial charge on any atom is 0.277 e. The van der Waals surface area contributed by atoms with Gasteiger partial charge < -0.3 is 13.9 Å². The molecule has 2 aromatic carbocycles. The molecule has 140 valence electrons. The molecule has 0 bridgehead atoms. The highest BCUT2D eigenvalue weighted by Crippen LogP contribution is 2.32. The van der Waals surface area contributed by atoms with Crippen LogP contribution in [0.3, 0.4) is 0 Å². The summed E-state index contributed by atoms with van der Waals surface area (Å²) in [7, 11) is 1.59. The molecule has 3 rings (SSSR count). The highest BCUT2D eigenvalue weighted by Gasteiger charge is 2.21. The fraction of sp³-hybridized carbons (Fsp3) is 0.250. The minimum atomic E-state index is -0.367. The van der Waals surface area contributed by atoms with E-state index in [0.717, 1.165) is 5.75 Å². The summed E-state index contributed by atoms with van der Waals surface area (Å²) in [6.45, 7) is 4.32. The van der Waals surface area contributed by atoms with E-state index in [2.05, 4.69) is 10.2 Å². The van der Waals surface area contributed by atoms with E-state index >= 15 is 0 Å². The lowest BCUT2D eigenvalue weighted by Gasteiger charge is -2.08. The number of nitrogens with zero attached hydrogens (tertiary/aromatic N) is 2. The number of benzene rings is 2. The third kappa shape index (κ3) is 4.49. The molecule has 0 aliphatic heterocycles. The molecule has 0 amide bonds. The number of Topliss-reactive ketones (excluding diaryl/α,β-unsaturated/α-hetero) is 1. The van der Waals surface area contributed by atoms with Gasteiger partial charge in [0.2, 0.25) is 0 Å². The highest BCUT2D eigenvalue weighted by molar-refractivity contribution is 8.00. The molecule has 0 saturated heterocycles. The lowest BCUT2D eigenvalue weighted by molar-refractivity contribution is 0.0993. The molecular formula is C20H20N2O4S. The summed E-state index contributed by atoms with van der Waals surface area (Å²) in [6.07, 6.45) is 0. The van der Waals surface area contributed by atoms with Crippen molar-refractivity contribution in [3.63, 3.8) is 0 Å². The molecule has 0 N–H and O–H groups in total. The second-order valence-corrected chi connectivity index (χ2v) is 6.95. The summed E-state index contributed by atoms with van der Waals surface area (Å²) >= 11 is 1.23. The van der Waals surface area contributed by atoms with Gasteiger partial charge in [-0.3, -0.25) is 4.79 Å². The monoisotopic (exact) mass is 384 g/mol. The number of carbonyl (C=O) groups excluding carboxylic acids is 1. The van der Waals surface area contributed by atoms with Crippen LogP contribution in [-0.4, -0.2) is 34.9 Å². The number of ketones is 1. The molecule has 0 fully saturated rings. The molecular weight excluding hydrogens is 364 g/mol. The third-order valence-electron chi connectivity index (χ3n) is 3.84. The van der Waals surface area contributed by atoms with E-state index in [0.29, 0.717) is 34.6 Å². The smallest absolute Gasteiger partial charge is 0.277 e. The van der Waals surface area contributed by atoms with Crippen molar-refractivity contribution in [2.45, 2.75) is 24.3 Å². The number of hydrogen-bond acceptors (Lipinski definition) is 7. The quantitative estimate of drug-likeness (QED) is 0.418. The number of rotatable bonds is 8. The summed E-state index contributed by atoms with van der Waals surface area (Å²) in [5.41, 5.74) is 1.33. The Balaban J connectivity index is 1.70. The Morgan fingerprint density at radius 2 is 1.89 bits per heavy atom. The van der Waals surface area contributed by atoms with Crippen molar-refractivity contribution < 1.29 is 18.7 Å². The third-order valence-corrected chi connectivity index (χ3v) is 4.77. The van der Waals surface area contributed by atoms with Crippen LogP contribution in [0.1, 0.15) is 24.2 Å². The summed E-state index contributed by atoms with van der Waals surface area (Å²) < 4.78 is 16.4. The molecule has 0 spiro atoms. The van der Waals surface area contributed by atoms with E-state index in [9.17, 15) is 4.79 Å². The predicted molar refractivity (Wildman–Crippen MR) is 104 cm³/mol. The normalized spacial score (nSPS) is 11.8. The Morgan fingerprint density at radius 3 is 2.59 bits per heavy atom. The molecule has 0 aliphatic carbocycles. The number of thioether (sulfide) groups is 1. The number of methoxy groups -OCH3 is 1. The molecule has 6 nitrogen and oxygen atoms in total. The van der Waals surface area contributed by atoms with Crippen LogP contribution in [0.15, 0.2) is 58.2 Å². The van der Waals surface area contributed by atoms with Gasteiger partial charge in [-0.25, -0.2) is 0 Å². The van der Waals surface area contributed by atoms with E-state index < -0.39 is 0 Å². The van der Waals surface area contributed by atoms with Crippen molar-refractivity contribution in [3.8, 4) is 23.0 Å². The maximum absolute atomic E-state index is 12.6. The molecule has 0 unspecified atom stereocenters. The van der Waals surface area contributed by atoms with E-state index in [-0.39, 0.29) is 11.0 Å². The van der Waals surface area contributed by atoms with Crippen LogP contribution in [0.4, 0.5) is 0 Å². The maximum atomic E-state index is 12.6. The minimum Gasteiger partial charge on any atom is -0.496 e. The molecule has 27 heavy (non-hydrogen) atoms. The molecule has 0 saturated carbocycles. The van der Waals surface area contributed by atoms with E-state index in [1.807, 2.05) is 38.1 Å². The summed E-state index contributed by atoms with van der Waals surface area (Å²) in [4.78, 5) is 12.6. The van der Waals surface area contributed by atoms with Gasteiger partial charge in [0.15, 0.2) is 5.78 Å². The Kier molecular flexibility index (Phi) is 6.13. The first-order valence-electron chi connectivity index (χ1n) is 8.53. The van der Waals surface area contributed by atoms with Gasteiger partial charge in [0, 0.05) is 5.56 Å². The van der Waals surface area contributed by atoms with Crippen LogP contribution in [0, 0.1) is 0 Å². The zero-order valence-corrected chi connectivity index (χ0v) is 16.2. The first kappa shape index (κ1) is 19.0. The second kappa shape index (κ2) is 8.73. The fourth-order valence-corrected chi connectivity index (χ4v) is 3.27. The molecule has 1 aromatic heterocycles. The average molecular weight is 384 g/mol. The average Bonchev–Trinajstić information content (AvgIpc) is 3.16. The van der Waals surface area contributed by atoms with Gasteiger partial charge in [-0.05, 0) is 50.2 Å². The zero-order valence-electron chi connectivity index (χ0n) is 15.3. The molecule has 3 aromatic rings. The predicted octanol–water partition coefficient (Wildman–Crippen LogP) is 4.51. The van der Waals surface area contributed by atoms with Crippen LogP contribution in [0.2, 0.25) is 0 Å². The Hall–Kier alpha value is -2.80. The summed E-state index contributed by atoms with van der Waals surface area (Å²) in [6, 6.07) is 14.5. The largest absolute Gasteiger partial charge is 0.496 e. The minimum absolute atomic E-state index is 0.0138. The second-order valence-electron chi connectivity index (χ2n) is 5.66. The number of carbonyl (C=O) groups is 1. The van der Waals surface area contributed by atoms with Crippen LogP contribution < -0.4 is 9.47 Å². The van der Waals surface area contributed by atoms with Gasteiger partial charge in [-0.1, -0.05) is 23.9 Å². The van der Waals surface area contributed by atoms with Crippen LogP contribution in [0.25, 0.3) is 11.5 Å². The fourth-order valence-electron chi connectivity index (χ4n) is 2.51. The number of aromatic nitrogens is 2. The van der Waals surface area contributed by atoms with E-state index in [4.69, 9.17) is 13.9 Å². The molecule has 0 radical (unpaired) electrons. The van der Waals surface area contributed by atoms with Gasteiger partial charge in [-0.2, -0.15) is 0 Å². The van der Waals surface area contributed by atoms with Gasteiger partial charge in [0.25, 0.3) is 11.1 Å². The number of ether oxygens (including phenoxy) is 2. The first-order chi connectivity index (χ1) is 13.1. The van der Waals surface area contributed by atoms with Gasteiger partial charge in [0.1, 0.15) is 11.5 Å². The van der Waals surface area contributed by atoms with Crippen molar-refractivity contribution in [1.29, 1.82) is 0 Å². The number of para-hydroxylation sites is 1. The first-order valence-corrected chi connectivity index (χ1v) is 9.41. The van der Waals surface area contributed by atoms with Crippen molar-refractivity contribution in [2.24, 2.45) is 0 Å². The van der Waals surface area contributed by atoms with Gasteiger partial charge >= 0.3 is 0 Å². The SMILES string of the molecule is CCOc1ccc(C(=O)[C@@H](C)Sc2nnc(-c3ccccc3OC)o2)cc1. The summed E-state index contributed by atoms with van der Waals surface area (Å²) in [5.74, 6) is 1.74. The Labute approximate surface area is 161 Å².